The molecule has 4 heteroatoms. The van der Waals surface area contributed by atoms with E-state index in [0.717, 1.165) is 17.9 Å². The summed E-state index contributed by atoms with van der Waals surface area (Å²) in [5, 5.41) is 0.839. The number of nitrogens with two attached hydrogens (primary N) is 1. The third-order valence-electron chi connectivity index (χ3n) is 3.25. The van der Waals surface area contributed by atoms with Crippen molar-refractivity contribution in [3.8, 4) is 0 Å². The van der Waals surface area contributed by atoms with Gasteiger partial charge in [-0.15, -0.1) is 23.5 Å². The molecule has 0 aromatic heterocycles. The number of halogens is 1. The standard InChI is InChI=1S/C12H16ClNS2/c1-15-10-7-8(12(14)4-3-5-12)6-9(13)11(10)16-2/h6-7H,3-5,14H2,1-2H3. The molecular weight excluding hydrogens is 258 g/mol. The topological polar surface area (TPSA) is 26.0 Å². The Balaban J connectivity index is 2.45. The second-order valence-corrected chi connectivity index (χ2v) is 6.28. The number of thioether (sulfide) groups is 2. The molecular formula is C12H16ClNS2. The molecule has 1 aliphatic rings. The fraction of sp³-hybridized carbons (Fsp3) is 0.500. The van der Waals surface area contributed by atoms with E-state index in [1.54, 1.807) is 23.5 Å². The monoisotopic (exact) mass is 273 g/mol. The molecule has 0 heterocycles. The summed E-state index contributed by atoms with van der Waals surface area (Å²) >= 11 is 9.75. The predicted molar refractivity (Wildman–Crippen MR) is 74.7 cm³/mol. The summed E-state index contributed by atoms with van der Waals surface area (Å²) in [6, 6.07) is 4.26. The van der Waals surface area contributed by atoms with Crippen molar-refractivity contribution in [2.45, 2.75) is 34.6 Å². The normalized spacial score (nSPS) is 18.2. The molecule has 0 aliphatic heterocycles. The molecule has 16 heavy (non-hydrogen) atoms. The van der Waals surface area contributed by atoms with Gasteiger partial charge in [0.2, 0.25) is 0 Å². The van der Waals surface area contributed by atoms with E-state index in [-0.39, 0.29) is 5.54 Å². The smallest absolute Gasteiger partial charge is 0.0556 e. The van der Waals surface area contributed by atoms with Gasteiger partial charge in [0.15, 0.2) is 0 Å². The molecule has 0 saturated heterocycles. The van der Waals surface area contributed by atoms with Gasteiger partial charge in [0.25, 0.3) is 0 Å². The largest absolute Gasteiger partial charge is 0.321 e. The molecule has 1 aromatic rings. The number of benzene rings is 1. The third-order valence-corrected chi connectivity index (χ3v) is 5.40. The van der Waals surface area contributed by atoms with Crippen LogP contribution in [0.3, 0.4) is 0 Å². The molecule has 2 rings (SSSR count). The van der Waals surface area contributed by atoms with Crippen molar-refractivity contribution in [3.63, 3.8) is 0 Å². The van der Waals surface area contributed by atoms with Crippen molar-refractivity contribution in [1.29, 1.82) is 0 Å². The van der Waals surface area contributed by atoms with Gasteiger partial charge in [0.05, 0.1) is 5.02 Å². The van der Waals surface area contributed by atoms with Crippen molar-refractivity contribution < 1.29 is 0 Å². The van der Waals surface area contributed by atoms with Gasteiger partial charge in [-0.25, -0.2) is 0 Å². The van der Waals surface area contributed by atoms with Crippen LogP contribution >= 0.6 is 35.1 Å². The maximum atomic E-state index is 6.33. The van der Waals surface area contributed by atoms with Crippen LogP contribution in [0.2, 0.25) is 5.02 Å². The highest BCUT2D eigenvalue weighted by molar-refractivity contribution is 8.01. The summed E-state index contributed by atoms with van der Waals surface area (Å²) < 4.78 is 0. The molecule has 0 atom stereocenters. The molecule has 1 aromatic carbocycles. The lowest BCUT2D eigenvalue weighted by Crippen LogP contribution is -2.43. The molecule has 1 aliphatic carbocycles. The van der Waals surface area contributed by atoms with Crippen molar-refractivity contribution in [2.75, 3.05) is 12.5 Å². The highest BCUT2D eigenvalue weighted by Gasteiger charge is 2.35. The van der Waals surface area contributed by atoms with Crippen LogP contribution in [0.25, 0.3) is 0 Å². The lowest BCUT2D eigenvalue weighted by Gasteiger charge is -2.39. The molecule has 1 nitrogen and oxygen atoms in total. The second-order valence-electron chi connectivity index (χ2n) is 4.20. The van der Waals surface area contributed by atoms with Crippen LogP contribution in [0.4, 0.5) is 0 Å². The molecule has 2 N–H and O–H groups in total. The first-order valence-electron chi connectivity index (χ1n) is 5.31. The van der Waals surface area contributed by atoms with Gasteiger partial charge < -0.3 is 5.73 Å². The van der Waals surface area contributed by atoms with E-state index < -0.39 is 0 Å². The minimum atomic E-state index is -0.120. The molecule has 1 saturated carbocycles. The number of hydrogen-bond acceptors (Lipinski definition) is 3. The van der Waals surface area contributed by atoms with Gasteiger partial charge in [-0.2, -0.15) is 0 Å². The predicted octanol–water partition coefficient (Wildman–Crippen LogP) is 4.12. The summed E-state index contributed by atoms with van der Waals surface area (Å²) in [4.78, 5) is 2.41. The van der Waals surface area contributed by atoms with Crippen LogP contribution in [0.1, 0.15) is 24.8 Å². The zero-order chi connectivity index (χ0) is 11.8. The van der Waals surface area contributed by atoms with Gasteiger partial charge in [0.1, 0.15) is 0 Å². The lowest BCUT2D eigenvalue weighted by atomic mass is 9.73. The zero-order valence-electron chi connectivity index (χ0n) is 9.55. The Kier molecular flexibility index (Phi) is 3.79. The first-order chi connectivity index (χ1) is 7.60. The third kappa shape index (κ3) is 2.10. The van der Waals surface area contributed by atoms with Crippen LogP contribution in [-0.2, 0) is 5.54 Å². The fourth-order valence-electron chi connectivity index (χ4n) is 2.05. The van der Waals surface area contributed by atoms with Crippen molar-refractivity contribution in [1.82, 2.24) is 0 Å². The van der Waals surface area contributed by atoms with E-state index in [0.29, 0.717) is 0 Å². The Labute approximate surface area is 111 Å². The molecule has 0 bridgehead atoms. The Morgan fingerprint density at radius 3 is 2.38 bits per heavy atom. The van der Waals surface area contributed by atoms with E-state index in [4.69, 9.17) is 17.3 Å². The first-order valence-corrected chi connectivity index (χ1v) is 8.14. The average molecular weight is 274 g/mol. The average Bonchev–Trinajstić information content (AvgIpc) is 2.24. The summed E-state index contributed by atoms with van der Waals surface area (Å²) in [5.41, 5.74) is 7.41. The highest BCUT2D eigenvalue weighted by atomic mass is 35.5. The Bertz CT molecular complexity index is 402. The van der Waals surface area contributed by atoms with E-state index in [2.05, 4.69) is 18.6 Å². The number of hydrogen-bond donors (Lipinski definition) is 1. The van der Waals surface area contributed by atoms with Gasteiger partial charge in [-0.05, 0) is 49.5 Å². The Morgan fingerprint density at radius 2 is 1.94 bits per heavy atom. The van der Waals surface area contributed by atoms with E-state index in [1.165, 1.54) is 21.8 Å². The molecule has 0 amide bonds. The van der Waals surface area contributed by atoms with Gasteiger partial charge >= 0.3 is 0 Å². The van der Waals surface area contributed by atoms with Crippen molar-refractivity contribution in [2.24, 2.45) is 5.73 Å². The SMILES string of the molecule is CSc1cc(C2(N)CCC2)cc(Cl)c1SC. The minimum absolute atomic E-state index is 0.120. The van der Waals surface area contributed by atoms with Crippen LogP contribution in [-0.4, -0.2) is 12.5 Å². The summed E-state index contributed by atoms with van der Waals surface area (Å²) in [6.07, 6.45) is 7.53. The molecule has 0 radical (unpaired) electrons. The Morgan fingerprint density at radius 1 is 1.25 bits per heavy atom. The molecule has 0 spiro atoms. The summed E-state index contributed by atoms with van der Waals surface area (Å²) in [7, 11) is 0. The lowest BCUT2D eigenvalue weighted by molar-refractivity contribution is 0.253. The second kappa shape index (κ2) is 4.81. The molecule has 1 fully saturated rings. The first kappa shape index (κ1) is 12.6. The van der Waals surface area contributed by atoms with E-state index in [9.17, 15) is 0 Å². The van der Waals surface area contributed by atoms with Crippen molar-refractivity contribution >= 4 is 35.1 Å². The van der Waals surface area contributed by atoms with Gasteiger partial charge in [-0.3, -0.25) is 0 Å². The quantitative estimate of drug-likeness (QED) is 0.839. The van der Waals surface area contributed by atoms with Crippen LogP contribution in [0.5, 0.6) is 0 Å². The summed E-state index contributed by atoms with van der Waals surface area (Å²) in [6.45, 7) is 0. The fourth-order valence-corrected chi connectivity index (χ4v) is 4.11. The Hall–Kier alpha value is 0.170. The maximum absolute atomic E-state index is 6.33. The summed E-state index contributed by atoms with van der Waals surface area (Å²) in [5.74, 6) is 0. The van der Waals surface area contributed by atoms with E-state index in [1.807, 2.05) is 6.07 Å². The highest BCUT2D eigenvalue weighted by Crippen LogP contribution is 2.43. The maximum Gasteiger partial charge on any atom is 0.0556 e. The van der Waals surface area contributed by atoms with Gasteiger partial charge in [-0.1, -0.05) is 11.6 Å². The van der Waals surface area contributed by atoms with E-state index >= 15 is 0 Å². The van der Waals surface area contributed by atoms with Gasteiger partial charge in [0, 0.05) is 15.3 Å². The van der Waals surface area contributed by atoms with Crippen LogP contribution < -0.4 is 5.73 Å². The molecule has 0 unspecified atom stereocenters. The molecule has 88 valence electrons. The van der Waals surface area contributed by atoms with Crippen molar-refractivity contribution in [3.05, 3.63) is 22.7 Å². The number of rotatable bonds is 3. The minimum Gasteiger partial charge on any atom is -0.321 e. The van der Waals surface area contributed by atoms with Crippen LogP contribution in [0.15, 0.2) is 21.9 Å². The van der Waals surface area contributed by atoms with Crippen LogP contribution in [0, 0.1) is 0 Å². The zero-order valence-corrected chi connectivity index (χ0v) is 11.9.